The molecule has 0 aromatic carbocycles. The van der Waals surface area contributed by atoms with Gasteiger partial charge in [-0.05, 0) is 12.8 Å². The molecule has 1 aromatic rings. The molecule has 0 radical (unpaired) electrons. The van der Waals surface area contributed by atoms with E-state index in [2.05, 4.69) is 10.00 Å². The minimum absolute atomic E-state index is 0.480. The summed E-state index contributed by atoms with van der Waals surface area (Å²) in [6.07, 6.45) is 3.14. The van der Waals surface area contributed by atoms with Crippen molar-refractivity contribution < 1.29 is 4.74 Å². The third-order valence-electron chi connectivity index (χ3n) is 3.77. The minimum Gasteiger partial charge on any atom is -0.381 e. The molecule has 0 aliphatic carbocycles. The first-order chi connectivity index (χ1) is 8.40. The number of rotatable bonds is 2. The van der Waals surface area contributed by atoms with Gasteiger partial charge < -0.3 is 15.8 Å². The van der Waals surface area contributed by atoms with E-state index in [0.29, 0.717) is 12.6 Å². The van der Waals surface area contributed by atoms with Gasteiger partial charge >= 0.3 is 0 Å². The molecule has 3 heterocycles. The average Bonchev–Trinajstić information content (AvgIpc) is 2.78. The third-order valence-corrected chi connectivity index (χ3v) is 3.77. The van der Waals surface area contributed by atoms with Crippen molar-refractivity contribution >= 4 is 0 Å². The molecule has 94 valence electrons. The van der Waals surface area contributed by atoms with E-state index in [4.69, 9.17) is 15.6 Å². The van der Waals surface area contributed by atoms with Crippen LogP contribution in [0.5, 0.6) is 0 Å². The molecule has 3 N–H and O–H groups in total. The molecule has 3 rings (SSSR count). The smallest absolute Gasteiger partial charge is 0.0685 e. The molecule has 0 atom stereocenters. The zero-order valence-electron chi connectivity index (χ0n) is 10.1. The van der Waals surface area contributed by atoms with Gasteiger partial charge in [0.05, 0.1) is 17.4 Å². The van der Waals surface area contributed by atoms with E-state index in [9.17, 15) is 0 Å². The largest absolute Gasteiger partial charge is 0.381 e. The molecular weight excluding hydrogens is 216 g/mol. The lowest BCUT2D eigenvalue weighted by Crippen LogP contribution is -2.24. The van der Waals surface area contributed by atoms with Crippen LogP contribution in [0.15, 0.2) is 0 Å². The van der Waals surface area contributed by atoms with Crippen LogP contribution in [0.25, 0.3) is 0 Å². The van der Waals surface area contributed by atoms with Crippen LogP contribution < -0.4 is 11.1 Å². The van der Waals surface area contributed by atoms with Gasteiger partial charge in [-0.2, -0.15) is 5.10 Å². The molecular formula is C12H20N4O. The summed E-state index contributed by atoms with van der Waals surface area (Å²) in [6.45, 7) is 4.23. The summed E-state index contributed by atoms with van der Waals surface area (Å²) >= 11 is 0. The van der Waals surface area contributed by atoms with Gasteiger partial charge in [0, 0.05) is 44.8 Å². The van der Waals surface area contributed by atoms with Gasteiger partial charge in [0.25, 0.3) is 0 Å². The zero-order valence-corrected chi connectivity index (χ0v) is 10.1. The first-order valence-electron chi connectivity index (χ1n) is 6.48. The fourth-order valence-electron chi connectivity index (χ4n) is 2.83. The Labute approximate surface area is 101 Å². The Hall–Kier alpha value is -0.910. The van der Waals surface area contributed by atoms with Crippen molar-refractivity contribution in [1.82, 2.24) is 15.1 Å². The lowest BCUT2D eigenvalue weighted by molar-refractivity contribution is 0.0653. The quantitative estimate of drug-likeness (QED) is 0.777. The van der Waals surface area contributed by atoms with Crippen LogP contribution in [0.2, 0.25) is 0 Å². The molecule has 0 saturated carbocycles. The highest BCUT2D eigenvalue weighted by molar-refractivity contribution is 5.29. The molecule has 2 aliphatic heterocycles. The lowest BCUT2D eigenvalue weighted by atomic mass is 10.1. The third kappa shape index (κ3) is 1.99. The van der Waals surface area contributed by atoms with Gasteiger partial charge in [-0.3, -0.25) is 4.68 Å². The molecule has 1 saturated heterocycles. The number of aromatic nitrogens is 2. The molecule has 0 bridgehead atoms. The van der Waals surface area contributed by atoms with Crippen LogP contribution in [-0.4, -0.2) is 29.5 Å². The van der Waals surface area contributed by atoms with E-state index < -0.39 is 0 Å². The van der Waals surface area contributed by atoms with Crippen molar-refractivity contribution in [1.29, 1.82) is 0 Å². The highest BCUT2D eigenvalue weighted by Crippen LogP contribution is 2.26. The Morgan fingerprint density at radius 3 is 3.00 bits per heavy atom. The monoisotopic (exact) mass is 236 g/mol. The maximum absolute atomic E-state index is 5.91. The summed E-state index contributed by atoms with van der Waals surface area (Å²) in [7, 11) is 0. The van der Waals surface area contributed by atoms with Crippen molar-refractivity contribution in [3.8, 4) is 0 Å². The van der Waals surface area contributed by atoms with Crippen molar-refractivity contribution in [3.63, 3.8) is 0 Å². The Bertz CT molecular complexity index is 395. The van der Waals surface area contributed by atoms with Crippen molar-refractivity contribution in [2.24, 2.45) is 5.73 Å². The average molecular weight is 236 g/mol. The second-order valence-corrected chi connectivity index (χ2v) is 4.79. The first-order valence-corrected chi connectivity index (χ1v) is 6.48. The summed E-state index contributed by atoms with van der Waals surface area (Å²) in [4.78, 5) is 0. The number of fused-ring (bicyclic) bond motifs is 1. The molecule has 17 heavy (non-hydrogen) atoms. The van der Waals surface area contributed by atoms with Crippen molar-refractivity contribution in [2.75, 3.05) is 19.8 Å². The van der Waals surface area contributed by atoms with Crippen LogP contribution in [-0.2, 0) is 24.2 Å². The van der Waals surface area contributed by atoms with Gasteiger partial charge in [0.15, 0.2) is 0 Å². The molecule has 0 spiro atoms. The summed E-state index contributed by atoms with van der Waals surface area (Å²) in [5.74, 6) is 0. The number of hydrogen-bond donors (Lipinski definition) is 2. The predicted molar refractivity (Wildman–Crippen MR) is 64.6 cm³/mol. The van der Waals surface area contributed by atoms with Crippen LogP contribution in [0.1, 0.15) is 35.8 Å². The van der Waals surface area contributed by atoms with Crippen LogP contribution >= 0.6 is 0 Å². The lowest BCUT2D eigenvalue weighted by Gasteiger charge is -2.24. The Morgan fingerprint density at radius 2 is 2.24 bits per heavy atom. The molecule has 2 aliphatic rings. The van der Waals surface area contributed by atoms with Crippen molar-refractivity contribution in [3.05, 3.63) is 17.0 Å². The zero-order chi connectivity index (χ0) is 11.7. The van der Waals surface area contributed by atoms with Crippen LogP contribution in [0, 0.1) is 0 Å². The van der Waals surface area contributed by atoms with E-state index in [-0.39, 0.29) is 0 Å². The van der Waals surface area contributed by atoms with Gasteiger partial charge in [0.2, 0.25) is 0 Å². The van der Waals surface area contributed by atoms with E-state index >= 15 is 0 Å². The fraction of sp³-hybridized carbons (Fsp3) is 0.750. The summed E-state index contributed by atoms with van der Waals surface area (Å²) < 4.78 is 7.59. The first kappa shape index (κ1) is 11.2. The van der Waals surface area contributed by atoms with Gasteiger partial charge in [-0.1, -0.05) is 0 Å². The van der Waals surface area contributed by atoms with Crippen LogP contribution in [0.4, 0.5) is 0 Å². The van der Waals surface area contributed by atoms with E-state index in [0.717, 1.165) is 45.6 Å². The number of nitrogens with one attached hydrogen (secondary N) is 1. The summed E-state index contributed by atoms with van der Waals surface area (Å²) in [5, 5.41) is 8.18. The molecule has 1 aromatic heterocycles. The number of nitrogens with zero attached hydrogens (tertiary/aromatic N) is 2. The van der Waals surface area contributed by atoms with Crippen LogP contribution in [0.3, 0.4) is 0 Å². The Kier molecular flexibility index (Phi) is 3.13. The molecule has 5 heteroatoms. The van der Waals surface area contributed by atoms with Gasteiger partial charge in [-0.25, -0.2) is 0 Å². The second kappa shape index (κ2) is 4.76. The van der Waals surface area contributed by atoms with Gasteiger partial charge in [-0.15, -0.1) is 0 Å². The topological polar surface area (TPSA) is 65.1 Å². The molecule has 1 fully saturated rings. The summed E-state index contributed by atoms with van der Waals surface area (Å²) in [6, 6.07) is 0.480. The van der Waals surface area contributed by atoms with E-state index in [1.807, 2.05) is 0 Å². The minimum atomic E-state index is 0.480. The predicted octanol–water partition coefficient (Wildman–Crippen LogP) is 0.339. The fourth-order valence-corrected chi connectivity index (χ4v) is 2.83. The molecule has 5 nitrogen and oxygen atoms in total. The molecule has 0 amide bonds. The maximum atomic E-state index is 5.91. The highest BCUT2D eigenvalue weighted by atomic mass is 16.5. The number of hydrogen-bond acceptors (Lipinski definition) is 4. The number of ether oxygens (including phenoxy) is 1. The highest BCUT2D eigenvalue weighted by Gasteiger charge is 2.24. The number of nitrogens with two attached hydrogens (primary N) is 1. The Balaban J connectivity index is 1.94. The van der Waals surface area contributed by atoms with E-state index in [1.165, 1.54) is 17.0 Å². The van der Waals surface area contributed by atoms with Gasteiger partial charge in [0.1, 0.15) is 0 Å². The maximum Gasteiger partial charge on any atom is 0.0685 e. The van der Waals surface area contributed by atoms with E-state index in [1.54, 1.807) is 0 Å². The summed E-state index contributed by atoms with van der Waals surface area (Å²) in [5.41, 5.74) is 9.71. The normalized spacial score (nSPS) is 21.5. The second-order valence-electron chi connectivity index (χ2n) is 4.79. The SMILES string of the molecule is NCc1c2c(nn1C1CCOCC1)CCNC2. The standard InChI is InChI=1S/C12H20N4O/c13-7-12-10-8-14-4-1-11(10)15-16(12)9-2-5-17-6-3-9/h9,14H,1-8,13H2. The van der Waals surface area contributed by atoms with Crippen molar-refractivity contribution in [2.45, 2.75) is 38.4 Å². The Morgan fingerprint density at radius 1 is 1.41 bits per heavy atom. The molecule has 0 unspecified atom stereocenters.